The van der Waals surface area contributed by atoms with Gasteiger partial charge in [-0.15, -0.1) is 0 Å². The van der Waals surface area contributed by atoms with Gasteiger partial charge in [-0.1, -0.05) is 6.07 Å². The van der Waals surface area contributed by atoms with E-state index in [9.17, 15) is 9.18 Å². The number of aromatic nitrogens is 2. The maximum atomic E-state index is 14.0. The number of piperidine rings is 1. The molecule has 3 aliphatic heterocycles. The van der Waals surface area contributed by atoms with Crippen LogP contribution in [0.2, 0.25) is 0 Å². The van der Waals surface area contributed by atoms with Crippen LogP contribution in [0, 0.1) is 11.7 Å². The number of hydrogen-bond donors (Lipinski definition) is 0. The van der Waals surface area contributed by atoms with Gasteiger partial charge in [-0.2, -0.15) is 0 Å². The summed E-state index contributed by atoms with van der Waals surface area (Å²) in [7, 11) is 0. The van der Waals surface area contributed by atoms with Crippen molar-refractivity contribution in [2.75, 3.05) is 19.6 Å². The Morgan fingerprint density at radius 2 is 2.08 bits per heavy atom. The molecule has 130 valence electrons. The van der Waals surface area contributed by atoms with Gasteiger partial charge >= 0.3 is 0 Å². The number of halogens is 1. The first kappa shape index (κ1) is 16.1. The second-order valence-corrected chi connectivity index (χ2v) is 6.93. The van der Waals surface area contributed by atoms with Crippen LogP contribution in [-0.2, 0) is 6.54 Å². The normalized spacial score (nSPS) is 23.5. The van der Waals surface area contributed by atoms with Gasteiger partial charge in [0, 0.05) is 44.6 Å². The molecule has 25 heavy (non-hydrogen) atoms. The molecule has 0 spiro atoms. The summed E-state index contributed by atoms with van der Waals surface area (Å²) in [5.74, 6) is -0.330. The van der Waals surface area contributed by atoms with Crippen LogP contribution in [0.15, 0.2) is 42.9 Å². The zero-order valence-electron chi connectivity index (χ0n) is 14.0. The van der Waals surface area contributed by atoms with Crippen molar-refractivity contribution >= 4 is 5.91 Å². The predicted octanol–water partition coefficient (Wildman–Crippen LogP) is 2.35. The molecular weight excluding hydrogens is 319 g/mol. The van der Waals surface area contributed by atoms with E-state index in [0.29, 0.717) is 12.5 Å². The molecule has 6 heteroatoms. The highest BCUT2D eigenvalue weighted by molar-refractivity contribution is 5.94. The zero-order valence-corrected chi connectivity index (χ0v) is 14.0. The van der Waals surface area contributed by atoms with Gasteiger partial charge in [-0.05, 0) is 37.0 Å². The number of carbonyl (C=O) groups excluding carboxylic acids is 1. The van der Waals surface area contributed by atoms with Gasteiger partial charge < -0.3 is 4.90 Å². The average Bonchev–Trinajstić information content (AvgIpc) is 2.93. The van der Waals surface area contributed by atoms with E-state index in [1.54, 1.807) is 0 Å². The largest absolute Gasteiger partial charge is 0.334 e. The van der Waals surface area contributed by atoms with Gasteiger partial charge in [-0.25, -0.2) is 4.39 Å². The highest BCUT2D eigenvalue weighted by Gasteiger charge is 2.38. The smallest absolute Gasteiger partial charge is 0.257 e. The van der Waals surface area contributed by atoms with Gasteiger partial charge in [0.2, 0.25) is 0 Å². The highest BCUT2D eigenvalue weighted by atomic mass is 19.1. The van der Waals surface area contributed by atoms with E-state index in [4.69, 9.17) is 0 Å². The fraction of sp³-hybridized carbons (Fsp3) is 0.421. The highest BCUT2D eigenvalue weighted by Crippen LogP contribution is 2.30. The van der Waals surface area contributed by atoms with Crippen molar-refractivity contribution < 1.29 is 9.18 Å². The summed E-state index contributed by atoms with van der Waals surface area (Å²) in [6.07, 6.45) is 6.48. The molecule has 5 rings (SSSR count). The van der Waals surface area contributed by atoms with E-state index in [-0.39, 0.29) is 17.5 Å². The summed E-state index contributed by atoms with van der Waals surface area (Å²) in [4.78, 5) is 25.2. The SMILES string of the molecule is O=C(c1ccncc1F)N1C[C@H]2CC[C@@H]1CN(Cc1ccccn1)C2. The van der Waals surface area contributed by atoms with Crippen LogP contribution in [0.3, 0.4) is 0 Å². The van der Waals surface area contributed by atoms with Crippen LogP contribution < -0.4 is 0 Å². The molecule has 1 amide bonds. The lowest BCUT2D eigenvalue weighted by Crippen LogP contribution is -2.47. The molecule has 5 heterocycles. The number of fused-ring (bicyclic) bond motifs is 4. The number of hydrogen-bond acceptors (Lipinski definition) is 4. The Hall–Kier alpha value is -2.34. The van der Waals surface area contributed by atoms with Gasteiger partial charge in [0.1, 0.15) is 0 Å². The molecule has 0 aliphatic carbocycles. The standard InChI is InChI=1S/C19H21FN4O/c20-18-9-21-8-6-17(18)19(25)24-11-14-4-5-16(24)13-23(10-14)12-15-3-1-2-7-22-15/h1-3,6-9,14,16H,4-5,10-13H2/t14-,16+/m0/s1. The van der Waals surface area contributed by atoms with Crippen molar-refractivity contribution in [2.45, 2.75) is 25.4 Å². The molecule has 2 aromatic rings. The fourth-order valence-electron chi connectivity index (χ4n) is 3.98. The molecule has 3 aliphatic rings. The average molecular weight is 340 g/mol. The molecule has 5 nitrogen and oxygen atoms in total. The summed E-state index contributed by atoms with van der Waals surface area (Å²) in [6, 6.07) is 7.54. The Balaban J connectivity index is 1.52. The molecule has 0 radical (unpaired) electrons. The lowest BCUT2D eigenvalue weighted by Gasteiger charge is -2.36. The van der Waals surface area contributed by atoms with E-state index in [1.165, 1.54) is 12.3 Å². The van der Waals surface area contributed by atoms with E-state index < -0.39 is 5.82 Å². The van der Waals surface area contributed by atoms with Crippen molar-refractivity contribution in [3.8, 4) is 0 Å². The lowest BCUT2D eigenvalue weighted by atomic mass is 9.94. The number of pyridine rings is 2. The minimum atomic E-state index is -0.544. The quantitative estimate of drug-likeness (QED) is 0.861. The van der Waals surface area contributed by atoms with E-state index in [0.717, 1.165) is 44.4 Å². The second kappa shape index (κ2) is 6.88. The minimum Gasteiger partial charge on any atom is -0.334 e. The Bertz CT molecular complexity index is 754. The lowest BCUT2D eigenvalue weighted by molar-refractivity contribution is 0.0580. The van der Waals surface area contributed by atoms with Gasteiger partial charge in [0.25, 0.3) is 5.91 Å². The third-order valence-corrected chi connectivity index (χ3v) is 5.16. The molecule has 2 aromatic heterocycles. The monoisotopic (exact) mass is 340 g/mol. The van der Waals surface area contributed by atoms with Crippen LogP contribution in [0.4, 0.5) is 4.39 Å². The van der Waals surface area contributed by atoms with Gasteiger partial charge in [0.15, 0.2) is 5.82 Å². The molecule has 0 N–H and O–H groups in total. The molecule has 3 fully saturated rings. The summed E-state index contributed by atoms with van der Waals surface area (Å²) < 4.78 is 14.0. The van der Waals surface area contributed by atoms with Gasteiger partial charge in [-0.3, -0.25) is 19.7 Å². The van der Waals surface area contributed by atoms with Crippen molar-refractivity contribution in [3.05, 3.63) is 59.9 Å². The van der Waals surface area contributed by atoms with Crippen LogP contribution in [0.1, 0.15) is 28.9 Å². The first-order chi connectivity index (χ1) is 12.2. The van der Waals surface area contributed by atoms with Crippen LogP contribution in [-0.4, -0.2) is 51.4 Å². The maximum absolute atomic E-state index is 14.0. The van der Waals surface area contributed by atoms with E-state index in [2.05, 4.69) is 14.9 Å². The molecular formula is C19H21FN4O. The molecule has 0 saturated carbocycles. The topological polar surface area (TPSA) is 49.3 Å². The molecule has 0 unspecified atom stereocenters. The van der Waals surface area contributed by atoms with Crippen molar-refractivity contribution in [3.63, 3.8) is 0 Å². The van der Waals surface area contributed by atoms with Crippen LogP contribution in [0.25, 0.3) is 0 Å². The molecule has 2 bridgehead atoms. The molecule has 0 aromatic carbocycles. The Morgan fingerprint density at radius 3 is 2.88 bits per heavy atom. The Morgan fingerprint density at radius 1 is 1.16 bits per heavy atom. The second-order valence-electron chi connectivity index (χ2n) is 6.93. The Labute approximate surface area is 146 Å². The third-order valence-electron chi connectivity index (χ3n) is 5.16. The molecule has 2 atom stereocenters. The van der Waals surface area contributed by atoms with Gasteiger partial charge in [0.05, 0.1) is 17.5 Å². The fourth-order valence-corrected chi connectivity index (χ4v) is 3.98. The van der Waals surface area contributed by atoms with Crippen LogP contribution >= 0.6 is 0 Å². The summed E-state index contributed by atoms with van der Waals surface area (Å²) in [5.41, 5.74) is 1.17. The van der Waals surface area contributed by atoms with Crippen molar-refractivity contribution in [2.24, 2.45) is 5.92 Å². The summed E-state index contributed by atoms with van der Waals surface area (Å²) in [6.45, 7) is 3.25. The van der Waals surface area contributed by atoms with E-state index >= 15 is 0 Å². The first-order valence-electron chi connectivity index (χ1n) is 8.73. The maximum Gasteiger partial charge on any atom is 0.257 e. The molecule has 3 saturated heterocycles. The number of nitrogens with zero attached hydrogens (tertiary/aromatic N) is 4. The third kappa shape index (κ3) is 3.39. The first-order valence-corrected chi connectivity index (χ1v) is 8.73. The zero-order chi connectivity index (χ0) is 17.2. The Kier molecular flexibility index (Phi) is 4.44. The van der Waals surface area contributed by atoms with Crippen molar-refractivity contribution in [1.82, 2.24) is 19.8 Å². The van der Waals surface area contributed by atoms with Crippen LogP contribution in [0.5, 0.6) is 0 Å². The predicted molar refractivity (Wildman–Crippen MR) is 91.3 cm³/mol. The number of amides is 1. The number of rotatable bonds is 3. The van der Waals surface area contributed by atoms with Crippen molar-refractivity contribution in [1.29, 1.82) is 0 Å². The summed E-state index contributed by atoms with van der Waals surface area (Å²) in [5, 5.41) is 0. The summed E-state index contributed by atoms with van der Waals surface area (Å²) >= 11 is 0. The minimum absolute atomic E-state index is 0.124. The van der Waals surface area contributed by atoms with E-state index in [1.807, 2.05) is 29.3 Å². The number of carbonyl (C=O) groups is 1.